The molecule has 142 valence electrons. The van der Waals surface area contributed by atoms with Gasteiger partial charge < -0.3 is 9.08 Å². The van der Waals surface area contributed by atoms with Gasteiger partial charge in [0.2, 0.25) is 11.8 Å². The first kappa shape index (κ1) is 18.9. The second kappa shape index (κ2) is 6.69. The maximum Gasteiger partial charge on any atom is 0.534 e. The molecule has 2 heterocycles. The zero-order valence-electron chi connectivity index (χ0n) is 13.1. The molecule has 0 spiro atoms. The summed E-state index contributed by atoms with van der Waals surface area (Å²) in [5, 5.41) is -0.571. The van der Waals surface area contributed by atoms with E-state index >= 15 is 0 Å². The summed E-state index contributed by atoms with van der Waals surface area (Å²) in [6.07, 6.45) is 2.60. The van der Waals surface area contributed by atoms with Crippen LogP contribution in [0.5, 0.6) is 5.88 Å². The fourth-order valence-corrected chi connectivity index (χ4v) is 3.25. The van der Waals surface area contributed by atoms with Gasteiger partial charge in [-0.1, -0.05) is 11.6 Å². The van der Waals surface area contributed by atoms with Crippen molar-refractivity contribution < 1.29 is 30.2 Å². The second-order valence-electron chi connectivity index (χ2n) is 5.64. The average Bonchev–Trinajstić information content (AvgIpc) is 2.55. The predicted molar refractivity (Wildman–Crippen MR) is 86.2 cm³/mol. The number of hydrogen-bond acceptors (Lipinski definition) is 6. The molecular weight excluding hydrogens is 402 g/mol. The summed E-state index contributed by atoms with van der Waals surface area (Å²) >= 11 is 5.93. The third kappa shape index (κ3) is 3.63. The minimum absolute atomic E-state index is 0.0296. The van der Waals surface area contributed by atoms with Crippen LogP contribution < -0.4 is 9.08 Å². The lowest BCUT2D eigenvalue weighted by Crippen LogP contribution is -2.32. The summed E-state index contributed by atoms with van der Waals surface area (Å²) in [5.41, 5.74) is -5.76. The van der Waals surface area contributed by atoms with Crippen LogP contribution in [0.15, 0.2) is 12.1 Å². The molecule has 0 atom stereocenters. The zero-order valence-corrected chi connectivity index (χ0v) is 14.6. The maximum atomic E-state index is 13.6. The highest BCUT2D eigenvalue weighted by molar-refractivity contribution is 7.88. The Labute approximate surface area is 150 Å². The Kier molecular flexibility index (Phi) is 4.86. The monoisotopic (exact) mass is 413 g/mol. The third-order valence-electron chi connectivity index (χ3n) is 3.78. The molecule has 1 fully saturated rings. The molecule has 0 bridgehead atoms. The largest absolute Gasteiger partial charge is 0.534 e. The van der Waals surface area contributed by atoms with Crippen molar-refractivity contribution >= 4 is 38.6 Å². The molecule has 2 aromatic rings. The van der Waals surface area contributed by atoms with Crippen LogP contribution in [0.25, 0.3) is 10.9 Å². The summed E-state index contributed by atoms with van der Waals surface area (Å²) in [4.78, 5) is 9.62. The number of rotatable bonds is 3. The molecule has 0 saturated carbocycles. The number of benzene rings is 1. The molecule has 26 heavy (non-hydrogen) atoms. The lowest BCUT2D eigenvalue weighted by atomic mass is 10.1. The van der Waals surface area contributed by atoms with Crippen molar-refractivity contribution in [3.05, 3.63) is 23.0 Å². The average molecular weight is 414 g/mol. The van der Waals surface area contributed by atoms with Gasteiger partial charge in [0.1, 0.15) is 5.82 Å². The van der Waals surface area contributed by atoms with Crippen molar-refractivity contribution in [1.82, 2.24) is 9.97 Å². The summed E-state index contributed by atoms with van der Waals surface area (Å²) in [6.45, 7) is 1.07. The Bertz CT molecular complexity index is 947. The van der Waals surface area contributed by atoms with Crippen LogP contribution in [0.4, 0.5) is 23.5 Å². The first-order valence-electron chi connectivity index (χ1n) is 7.51. The van der Waals surface area contributed by atoms with Gasteiger partial charge in [-0.2, -0.15) is 26.6 Å². The number of alkyl halides is 3. The Balaban J connectivity index is 2.18. The van der Waals surface area contributed by atoms with Crippen molar-refractivity contribution in [2.75, 3.05) is 18.0 Å². The van der Waals surface area contributed by atoms with Crippen LogP contribution in [0.3, 0.4) is 0 Å². The molecule has 0 amide bonds. The van der Waals surface area contributed by atoms with Crippen LogP contribution in [0.2, 0.25) is 5.02 Å². The molecule has 12 heteroatoms. The van der Waals surface area contributed by atoms with Crippen LogP contribution in [-0.2, 0) is 10.1 Å². The van der Waals surface area contributed by atoms with Gasteiger partial charge in [-0.3, -0.25) is 0 Å². The Hall–Kier alpha value is -1.88. The van der Waals surface area contributed by atoms with Gasteiger partial charge in [-0.05, 0) is 31.4 Å². The highest BCUT2D eigenvalue weighted by atomic mass is 35.5. The van der Waals surface area contributed by atoms with Crippen LogP contribution in [-0.4, -0.2) is 37.0 Å². The van der Waals surface area contributed by atoms with Gasteiger partial charge in [0.25, 0.3) is 0 Å². The van der Waals surface area contributed by atoms with Gasteiger partial charge in [0.05, 0.1) is 15.9 Å². The van der Waals surface area contributed by atoms with E-state index in [9.17, 15) is 26.0 Å². The standard InChI is InChI=1S/C14H12ClF4N3O3S/c15-10-7-8(16)6-9-11(10)20-13(22-4-2-1-3-5-22)21-12(9)25-26(23,24)14(17,18)19/h6-7H,1-5H2. The zero-order chi connectivity index (χ0) is 19.1. The molecule has 0 N–H and O–H groups in total. The number of halogens is 5. The molecule has 1 aromatic carbocycles. The maximum absolute atomic E-state index is 13.6. The highest BCUT2D eigenvalue weighted by Crippen LogP contribution is 2.35. The summed E-state index contributed by atoms with van der Waals surface area (Å²) in [7, 11) is -5.99. The highest BCUT2D eigenvalue weighted by Gasteiger charge is 2.49. The quantitative estimate of drug-likeness (QED) is 0.434. The van der Waals surface area contributed by atoms with Crippen molar-refractivity contribution in [3.63, 3.8) is 0 Å². The van der Waals surface area contributed by atoms with E-state index in [1.807, 2.05) is 0 Å². The first-order chi connectivity index (χ1) is 12.1. The molecule has 0 aliphatic carbocycles. The number of piperidine rings is 1. The van der Waals surface area contributed by atoms with Crippen LogP contribution in [0, 0.1) is 5.82 Å². The molecule has 1 saturated heterocycles. The van der Waals surface area contributed by atoms with E-state index in [2.05, 4.69) is 14.2 Å². The normalized spacial score (nSPS) is 16.1. The number of nitrogens with zero attached hydrogens (tertiary/aromatic N) is 3. The van der Waals surface area contributed by atoms with E-state index in [1.54, 1.807) is 4.90 Å². The molecule has 0 radical (unpaired) electrons. The molecule has 1 aliphatic heterocycles. The minimum Gasteiger partial charge on any atom is -0.354 e. The SMILES string of the molecule is O=S(=O)(Oc1nc(N2CCCCC2)nc2c(Cl)cc(F)cc12)C(F)(F)F. The van der Waals surface area contributed by atoms with E-state index in [0.29, 0.717) is 13.1 Å². The van der Waals surface area contributed by atoms with E-state index in [4.69, 9.17) is 11.6 Å². The number of anilines is 1. The van der Waals surface area contributed by atoms with Crippen molar-refractivity contribution in [2.45, 2.75) is 24.8 Å². The van der Waals surface area contributed by atoms with E-state index < -0.39 is 27.3 Å². The molecule has 1 aromatic heterocycles. The number of fused-ring (bicyclic) bond motifs is 1. The Morgan fingerprint density at radius 2 is 1.77 bits per heavy atom. The van der Waals surface area contributed by atoms with Crippen molar-refractivity contribution in [1.29, 1.82) is 0 Å². The summed E-state index contributed by atoms with van der Waals surface area (Å²) in [5.74, 6) is -1.85. The Morgan fingerprint density at radius 1 is 1.12 bits per heavy atom. The van der Waals surface area contributed by atoms with E-state index in [-0.39, 0.29) is 21.9 Å². The van der Waals surface area contributed by atoms with Gasteiger partial charge >= 0.3 is 15.6 Å². The fraction of sp³-hybridized carbons (Fsp3) is 0.429. The van der Waals surface area contributed by atoms with E-state index in [0.717, 1.165) is 31.4 Å². The molecular formula is C14H12ClF4N3O3S. The van der Waals surface area contributed by atoms with Crippen LogP contribution in [0.1, 0.15) is 19.3 Å². The fourth-order valence-electron chi connectivity index (χ4n) is 2.57. The van der Waals surface area contributed by atoms with Crippen LogP contribution >= 0.6 is 11.6 Å². The van der Waals surface area contributed by atoms with Crippen molar-refractivity contribution in [2.24, 2.45) is 0 Å². The first-order valence-corrected chi connectivity index (χ1v) is 9.29. The molecule has 1 aliphatic rings. The van der Waals surface area contributed by atoms with Crippen molar-refractivity contribution in [3.8, 4) is 5.88 Å². The third-order valence-corrected chi connectivity index (χ3v) is 5.02. The number of hydrogen-bond donors (Lipinski definition) is 0. The van der Waals surface area contributed by atoms with Gasteiger partial charge in [0, 0.05) is 13.1 Å². The summed E-state index contributed by atoms with van der Waals surface area (Å²) < 4.78 is 78.5. The Morgan fingerprint density at radius 3 is 2.38 bits per heavy atom. The molecule has 6 nitrogen and oxygen atoms in total. The van der Waals surface area contributed by atoms with E-state index in [1.165, 1.54) is 0 Å². The summed E-state index contributed by atoms with van der Waals surface area (Å²) in [6, 6.07) is 1.68. The van der Waals surface area contributed by atoms with Gasteiger partial charge in [-0.25, -0.2) is 9.37 Å². The van der Waals surface area contributed by atoms with Gasteiger partial charge in [0.15, 0.2) is 0 Å². The lowest BCUT2D eigenvalue weighted by molar-refractivity contribution is -0.0500. The smallest absolute Gasteiger partial charge is 0.354 e. The van der Waals surface area contributed by atoms with Gasteiger partial charge in [-0.15, -0.1) is 0 Å². The number of aromatic nitrogens is 2. The molecule has 3 rings (SSSR count). The minimum atomic E-state index is -5.99. The lowest BCUT2D eigenvalue weighted by Gasteiger charge is -2.27. The molecule has 0 unspecified atom stereocenters. The predicted octanol–water partition coefficient (Wildman–Crippen LogP) is 3.64. The topological polar surface area (TPSA) is 72.4 Å². The second-order valence-corrected chi connectivity index (χ2v) is 7.59.